The van der Waals surface area contributed by atoms with Crippen molar-refractivity contribution in [3.8, 4) is 40.7 Å². The van der Waals surface area contributed by atoms with Crippen molar-refractivity contribution in [2.24, 2.45) is 0 Å². The molecule has 1 unspecified atom stereocenters. The molecular formula is C49H26N6OS. The summed E-state index contributed by atoms with van der Waals surface area (Å²) in [6.07, 6.45) is 3.82. The number of nitriles is 2. The first-order valence-electron chi connectivity index (χ1n) is 18.6. The maximum atomic E-state index is 9.85. The van der Waals surface area contributed by atoms with Gasteiger partial charge in [0.1, 0.15) is 11.5 Å². The standard InChI is InChI=1S/C49H26N6OS/c50-26-29-15-18-39-33(22-29)34-23-30(27-51)16-19-40(34)54(39)31-17-20-44-37(24-31)49(35-8-1-4-12-43(35)56-44)36-9-7-21-52-47(36)48-38(49)25-32(28-53-48)55-41-10-2-5-13-45(41)57-46-14-6-3-11-42(46)55/h1-25,28H. The second kappa shape index (κ2) is 11.7. The maximum absolute atomic E-state index is 9.85. The van der Waals surface area contributed by atoms with Gasteiger partial charge in [-0.3, -0.25) is 9.97 Å². The van der Waals surface area contributed by atoms with E-state index in [1.165, 1.54) is 9.79 Å². The number of fused-ring (bicyclic) bond motifs is 14. The number of anilines is 3. The van der Waals surface area contributed by atoms with E-state index in [0.717, 1.165) is 89.7 Å². The van der Waals surface area contributed by atoms with Gasteiger partial charge in [0.2, 0.25) is 0 Å². The molecule has 1 atom stereocenters. The molecule has 57 heavy (non-hydrogen) atoms. The Morgan fingerprint density at radius 2 is 1.16 bits per heavy atom. The van der Waals surface area contributed by atoms with Gasteiger partial charge < -0.3 is 14.2 Å². The molecule has 9 aromatic rings. The first-order chi connectivity index (χ1) is 28.1. The summed E-state index contributed by atoms with van der Waals surface area (Å²) in [6, 6.07) is 54.3. The maximum Gasteiger partial charge on any atom is 0.132 e. The normalized spacial score (nSPS) is 15.4. The smallest absolute Gasteiger partial charge is 0.132 e. The van der Waals surface area contributed by atoms with Crippen molar-refractivity contribution in [1.82, 2.24) is 14.5 Å². The monoisotopic (exact) mass is 746 g/mol. The molecule has 7 nitrogen and oxygen atoms in total. The molecule has 0 radical (unpaired) electrons. The molecule has 1 aliphatic carbocycles. The number of benzene rings is 6. The van der Waals surface area contributed by atoms with Crippen molar-refractivity contribution in [2.75, 3.05) is 4.90 Å². The fraction of sp³-hybridized carbons (Fsp3) is 0.0204. The molecule has 5 heterocycles. The number of pyridine rings is 2. The Balaban J connectivity index is 1.16. The van der Waals surface area contributed by atoms with E-state index in [-0.39, 0.29) is 0 Å². The van der Waals surface area contributed by atoms with Crippen LogP contribution in [0.1, 0.15) is 33.4 Å². The summed E-state index contributed by atoms with van der Waals surface area (Å²) >= 11 is 1.78. The molecule has 12 rings (SSSR count). The van der Waals surface area contributed by atoms with Gasteiger partial charge >= 0.3 is 0 Å². The van der Waals surface area contributed by atoms with Gasteiger partial charge in [-0.1, -0.05) is 60.3 Å². The second-order valence-corrected chi connectivity index (χ2v) is 15.5. The van der Waals surface area contributed by atoms with Crippen LogP contribution >= 0.6 is 11.8 Å². The molecule has 3 aromatic heterocycles. The number of ether oxygens (including phenoxy) is 1. The lowest BCUT2D eigenvalue weighted by Gasteiger charge is -2.39. The van der Waals surface area contributed by atoms with Crippen LogP contribution in [0.25, 0.3) is 38.9 Å². The zero-order valence-electron chi connectivity index (χ0n) is 30.0. The molecule has 0 saturated carbocycles. The van der Waals surface area contributed by atoms with Gasteiger partial charge in [0.15, 0.2) is 0 Å². The lowest BCUT2D eigenvalue weighted by atomic mass is 9.66. The third-order valence-electron chi connectivity index (χ3n) is 11.6. The molecule has 0 saturated heterocycles. The zero-order valence-corrected chi connectivity index (χ0v) is 30.8. The number of rotatable bonds is 2. The highest BCUT2D eigenvalue weighted by atomic mass is 32.2. The second-order valence-electron chi connectivity index (χ2n) is 14.4. The molecule has 2 aliphatic heterocycles. The first kappa shape index (κ1) is 31.7. The van der Waals surface area contributed by atoms with Gasteiger partial charge in [0.25, 0.3) is 0 Å². The molecule has 0 amide bonds. The topological polar surface area (TPSA) is 90.8 Å². The van der Waals surface area contributed by atoms with Gasteiger partial charge in [-0.15, -0.1) is 0 Å². The van der Waals surface area contributed by atoms with E-state index in [1.54, 1.807) is 11.8 Å². The van der Waals surface area contributed by atoms with Crippen LogP contribution in [0, 0.1) is 22.7 Å². The molecule has 264 valence electrons. The Hall–Kier alpha value is -7.65. The van der Waals surface area contributed by atoms with Gasteiger partial charge in [-0.25, -0.2) is 0 Å². The van der Waals surface area contributed by atoms with Gasteiger partial charge in [-0.2, -0.15) is 10.5 Å². The summed E-state index contributed by atoms with van der Waals surface area (Å²) in [6.45, 7) is 0. The third kappa shape index (κ3) is 4.25. The van der Waals surface area contributed by atoms with Crippen LogP contribution in [-0.4, -0.2) is 14.5 Å². The molecular weight excluding hydrogens is 721 g/mol. The lowest BCUT2D eigenvalue weighted by molar-refractivity contribution is 0.436. The summed E-state index contributed by atoms with van der Waals surface area (Å²) in [5.74, 6) is 1.52. The van der Waals surface area contributed by atoms with E-state index in [0.29, 0.717) is 11.1 Å². The minimum atomic E-state index is -0.841. The zero-order chi connectivity index (χ0) is 37.8. The van der Waals surface area contributed by atoms with Crippen LogP contribution in [0.5, 0.6) is 11.5 Å². The van der Waals surface area contributed by atoms with Crippen LogP contribution in [0.3, 0.4) is 0 Å². The van der Waals surface area contributed by atoms with Crippen molar-refractivity contribution in [3.63, 3.8) is 0 Å². The van der Waals surface area contributed by atoms with Crippen molar-refractivity contribution in [2.45, 2.75) is 15.2 Å². The molecule has 8 heteroatoms. The number of hydrogen-bond acceptors (Lipinski definition) is 7. The first-order valence-corrected chi connectivity index (χ1v) is 19.4. The van der Waals surface area contributed by atoms with Crippen LogP contribution in [0.4, 0.5) is 17.1 Å². The van der Waals surface area contributed by atoms with E-state index in [4.69, 9.17) is 14.7 Å². The summed E-state index contributed by atoms with van der Waals surface area (Å²) < 4.78 is 9.02. The Bertz CT molecular complexity index is 3200. The van der Waals surface area contributed by atoms with Crippen LogP contribution in [0.2, 0.25) is 0 Å². The highest BCUT2D eigenvalue weighted by Crippen LogP contribution is 2.62. The average Bonchev–Trinajstić information content (AvgIpc) is 3.75. The molecule has 1 spiro atoms. The molecule has 6 aromatic carbocycles. The highest BCUT2D eigenvalue weighted by Gasteiger charge is 2.53. The quantitative estimate of drug-likeness (QED) is 0.174. The number of para-hydroxylation sites is 3. The van der Waals surface area contributed by atoms with Crippen molar-refractivity contribution < 1.29 is 4.74 Å². The largest absolute Gasteiger partial charge is 0.457 e. The predicted octanol–water partition coefficient (Wildman–Crippen LogP) is 11.7. The van der Waals surface area contributed by atoms with Gasteiger partial charge in [0.05, 0.1) is 74.4 Å². The fourth-order valence-electron chi connectivity index (χ4n) is 9.26. The van der Waals surface area contributed by atoms with Crippen LogP contribution < -0.4 is 9.64 Å². The SMILES string of the molecule is N#Cc1ccc2c(c1)c1cc(C#N)ccc1n2-c1ccc2c(c1)C1(c3ccccc3O2)c2cccnc2-c2ncc(N3c4ccccc4Sc4ccccc43)cc21. The van der Waals surface area contributed by atoms with E-state index >= 15 is 0 Å². The third-order valence-corrected chi connectivity index (χ3v) is 12.7. The average molecular weight is 747 g/mol. The minimum Gasteiger partial charge on any atom is -0.457 e. The summed E-state index contributed by atoms with van der Waals surface area (Å²) in [5.41, 5.74) is 11.9. The van der Waals surface area contributed by atoms with E-state index in [1.807, 2.05) is 67.0 Å². The summed E-state index contributed by atoms with van der Waals surface area (Å²) in [4.78, 5) is 15.0. The number of hydrogen-bond donors (Lipinski definition) is 0. The summed E-state index contributed by atoms with van der Waals surface area (Å²) in [5, 5.41) is 21.5. The minimum absolute atomic E-state index is 0.561. The van der Waals surface area contributed by atoms with Gasteiger partial charge in [-0.05, 0) is 103 Å². The van der Waals surface area contributed by atoms with E-state index in [2.05, 4.69) is 113 Å². The Morgan fingerprint density at radius 1 is 0.544 bits per heavy atom. The van der Waals surface area contributed by atoms with Gasteiger partial charge in [0, 0.05) is 49.1 Å². The highest BCUT2D eigenvalue weighted by molar-refractivity contribution is 7.99. The van der Waals surface area contributed by atoms with Crippen LogP contribution in [0.15, 0.2) is 168 Å². The number of aromatic nitrogens is 3. The van der Waals surface area contributed by atoms with Crippen LogP contribution in [-0.2, 0) is 5.41 Å². The number of nitrogens with zero attached hydrogens (tertiary/aromatic N) is 6. The molecule has 0 fully saturated rings. The predicted molar refractivity (Wildman–Crippen MR) is 222 cm³/mol. The molecule has 0 bridgehead atoms. The van der Waals surface area contributed by atoms with E-state index in [9.17, 15) is 10.5 Å². The Kier molecular flexibility index (Phi) is 6.49. The Morgan fingerprint density at radius 3 is 1.88 bits per heavy atom. The fourth-order valence-corrected chi connectivity index (χ4v) is 10.3. The lowest BCUT2D eigenvalue weighted by Crippen LogP contribution is -2.32. The van der Waals surface area contributed by atoms with Crippen molar-refractivity contribution in [1.29, 1.82) is 10.5 Å². The van der Waals surface area contributed by atoms with Crippen molar-refractivity contribution >= 4 is 50.6 Å². The molecule has 3 aliphatic rings. The van der Waals surface area contributed by atoms with E-state index < -0.39 is 5.41 Å². The van der Waals surface area contributed by atoms with Crippen molar-refractivity contribution in [3.05, 3.63) is 191 Å². The molecule has 0 N–H and O–H groups in total. The summed E-state index contributed by atoms with van der Waals surface area (Å²) in [7, 11) is 0. The Labute approximate surface area is 331 Å².